The highest BCUT2D eigenvalue weighted by atomic mass is 16.5. The first-order valence-electron chi connectivity index (χ1n) is 13.5. The molecule has 8 nitrogen and oxygen atoms in total. The number of rotatable bonds is 8. The van der Waals surface area contributed by atoms with E-state index in [0.29, 0.717) is 18.1 Å². The molecule has 1 unspecified atom stereocenters. The molecule has 1 atom stereocenters. The summed E-state index contributed by atoms with van der Waals surface area (Å²) in [4.78, 5) is 28.8. The number of amides is 1. The van der Waals surface area contributed by atoms with Crippen molar-refractivity contribution in [2.45, 2.75) is 51.6 Å². The normalized spacial score (nSPS) is 22.6. The molecule has 0 aliphatic heterocycles. The van der Waals surface area contributed by atoms with E-state index in [4.69, 9.17) is 4.74 Å². The number of ether oxygens (including phenoxy) is 1. The lowest BCUT2D eigenvalue weighted by Gasteiger charge is -2.56. The molecular weight excluding hydrogens is 492 g/mol. The highest BCUT2D eigenvalue weighted by molar-refractivity contribution is 6.05. The summed E-state index contributed by atoms with van der Waals surface area (Å²) in [5.74, 6) is -0.431. The Kier molecular flexibility index (Phi) is 6.33. The van der Waals surface area contributed by atoms with Gasteiger partial charge >= 0.3 is 5.97 Å². The van der Waals surface area contributed by atoms with E-state index < -0.39 is 5.97 Å². The number of aliphatic carboxylic acids is 1. The fourth-order valence-corrected chi connectivity index (χ4v) is 6.34. The number of carbonyl (C=O) groups excluding carboxylic acids is 1. The Bertz CT molecular complexity index is 1530. The van der Waals surface area contributed by atoms with Crippen molar-refractivity contribution in [3.05, 3.63) is 78.1 Å². The fourth-order valence-electron chi connectivity index (χ4n) is 6.34. The summed E-state index contributed by atoms with van der Waals surface area (Å²) in [6.45, 7) is 4.59. The van der Waals surface area contributed by atoms with Gasteiger partial charge in [-0.05, 0) is 73.8 Å². The molecule has 1 spiro atoms. The van der Waals surface area contributed by atoms with Crippen LogP contribution in [0.2, 0.25) is 0 Å². The summed E-state index contributed by atoms with van der Waals surface area (Å²) < 4.78 is 7.46. The Morgan fingerprint density at radius 3 is 2.59 bits per heavy atom. The average molecular weight is 525 g/mol. The number of nitrogens with one attached hydrogen (secondary N) is 1. The van der Waals surface area contributed by atoms with E-state index in [2.05, 4.69) is 46.6 Å². The summed E-state index contributed by atoms with van der Waals surface area (Å²) in [6.07, 6.45) is 6.71. The maximum absolute atomic E-state index is 13.4. The van der Waals surface area contributed by atoms with Crippen molar-refractivity contribution < 1.29 is 19.4 Å². The van der Waals surface area contributed by atoms with Gasteiger partial charge < -0.3 is 15.2 Å². The predicted molar refractivity (Wildman–Crippen MR) is 148 cm³/mol. The molecule has 2 N–H and O–H groups in total. The van der Waals surface area contributed by atoms with Crippen LogP contribution in [0.25, 0.3) is 22.0 Å². The number of para-hydroxylation sites is 1. The molecule has 1 amide bonds. The molecule has 0 radical (unpaired) electrons. The van der Waals surface area contributed by atoms with E-state index in [9.17, 15) is 14.7 Å². The van der Waals surface area contributed by atoms with E-state index in [1.54, 1.807) is 6.20 Å². The fraction of sp³-hybridized carbons (Fsp3) is 0.355. The van der Waals surface area contributed by atoms with Gasteiger partial charge in [0.1, 0.15) is 0 Å². The van der Waals surface area contributed by atoms with Gasteiger partial charge in [0.15, 0.2) is 0 Å². The lowest BCUT2D eigenvalue weighted by atomic mass is 9.50. The smallest absolute Gasteiger partial charge is 0.306 e. The van der Waals surface area contributed by atoms with Gasteiger partial charge in [-0.15, -0.1) is 0 Å². The van der Waals surface area contributed by atoms with Gasteiger partial charge in [0, 0.05) is 23.7 Å². The van der Waals surface area contributed by atoms with Gasteiger partial charge in [0.25, 0.3) is 5.91 Å². The summed E-state index contributed by atoms with van der Waals surface area (Å²) in [6, 6.07) is 18.0. The van der Waals surface area contributed by atoms with E-state index in [1.165, 1.54) is 0 Å². The number of carboxylic acid groups (broad SMARTS) is 1. The SMILES string of the molecule is CCOc1cc(-c2ccc(C(C)n3ncc4cccc(C(=O)NC5CC6(C5)CC(C(=O)O)C6)c43)cc2)ccn1. The zero-order valence-electron chi connectivity index (χ0n) is 22.1. The highest BCUT2D eigenvalue weighted by Crippen LogP contribution is 2.58. The van der Waals surface area contributed by atoms with E-state index >= 15 is 0 Å². The van der Waals surface area contributed by atoms with Gasteiger partial charge in [0.05, 0.1) is 35.8 Å². The molecule has 2 saturated carbocycles. The minimum atomic E-state index is -0.704. The summed E-state index contributed by atoms with van der Waals surface area (Å²) in [7, 11) is 0. The molecular formula is C31H32N4O4. The first kappa shape index (κ1) is 25.1. The van der Waals surface area contributed by atoms with Gasteiger partial charge in [-0.25, -0.2) is 4.98 Å². The second kappa shape index (κ2) is 9.84. The number of hydrogen-bond donors (Lipinski definition) is 2. The molecule has 2 aliphatic carbocycles. The number of nitrogens with zero attached hydrogens (tertiary/aromatic N) is 3. The maximum Gasteiger partial charge on any atom is 0.306 e. The van der Waals surface area contributed by atoms with Crippen LogP contribution in [-0.4, -0.2) is 44.4 Å². The maximum atomic E-state index is 13.4. The Labute approximate surface area is 227 Å². The Morgan fingerprint density at radius 2 is 1.87 bits per heavy atom. The van der Waals surface area contributed by atoms with Crippen molar-refractivity contribution in [2.24, 2.45) is 11.3 Å². The average Bonchev–Trinajstić information content (AvgIpc) is 3.33. The molecule has 4 aromatic rings. The molecule has 2 aromatic carbocycles. The van der Waals surface area contributed by atoms with Crippen LogP contribution >= 0.6 is 0 Å². The first-order valence-corrected chi connectivity index (χ1v) is 13.5. The number of carbonyl (C=O) groups is 2. The highest BCUT2D eigenvalue weighted by Gasteiger charge is 2.55. The van der Waals surface area contributed by atoms with Crippen molar-refractivity contribution in [3.8, 4) is 17.0 Å². The minimum Gasteiger partial charge on any atom is -0.481 e. The van der Waals surface area contributed by atoms with Gasteiger partial charge in [0.2, 0.25) is 5.88 Å². The summed E-state index contributed by atoms with van der Waals surface area (Å²) in [5, 5.41) is 18.0. The van der Waals surface area contributed by atoms with Crippen LogP contribution in [0.4, 0.5) is 0 Å². The quantitative estimate of drug-likeness (QED) is 0.316. The largest absolute Gasteiger partial charge is 0.481 e. The number of fused-ring (bicyclic) bond motifs is 1. The van der Waals surface area contributed by atoms with Crippen LogP contribution in [0, 0.1) is 11.3 Å². The monoisotopic (exact) mass is 524 g/mol. The van der Waals surface area contributed by atoms with Crippen LogP contribution in [0.1, 0.15) is 61.5 Å². The second-order valence-electron chi connectivity index (χ2n) is 11.0. The molecule has 2 aliphatic rings. The number of hydrogen-bond acceptors (Lipinski definition) is 5. The van der Waals surface area contributed by atoms with Crippen molar-refractivity contribution in [2.75, 3.05) is 6.61 Å². The van der Waals surface area contributed by atoms with Crippen molar-refractivity contribution in [1.82, 2.24) is 20.1 Å². The number of benzene rings is 2. The Hall–Kier alpha value is -4.20. The minimum absolute atomic E-state index is 0.0836. The van der Waals surface area contributed by atoms with Crippen LogP contribution in [0.5, 0.6) is 5.88 Å². The van der Waals surface area contributed by atoms with E-state index in [1.807, 2.05) is 48.1 Å². The van der Waals surface area contributed by atoms with Crippen LogP contribution < -0.4 is 10.1 Å². The van der Waals surface area contributed by atoms with E-state index in [0.717, 1.165) is 53.3 Å². The van der Waals surface area contributed by atoms with Crippen LogP contribution in [-0.2, 0) is 4.79 Å². The number of carboxylic acids is 1. The topological polar surface area (TPSA) is 106 Å². The zero-order chi connectivity index (χ0) is 27.1. The van der Waals surface area contributed by atoms with Crippen molar-refractivity contribution in [3.63, 3.8) is 0 Å². The van der Waals surface area contributed by atoms with Crippen molar-refractivity contribution >= 4 is 22.8 Å². The predicted octanol–water partition coefficient (Wildman–Crippen LogP) is 5.48. The van der Waals surface area contributed by atoms with Crippen LogP contribution in [0.15, 0.2) is 67.0 Å². The number of aromatic nitrogens is 3. The molecule has 2 heterocycles. The lowest BCUT2D eigenvalue weighted by molar-refractivity contribution is -0.155. The first-order chi connectivity index (χ1) is 18.9. The standard InChI is InChI=1S/C31H32N4O4/c1-3-39-27-13-22(11-12-32-27)21-9-7-20(8-10-21)19(2)35-28-23(18-33-35)5-4-6-26(28)29(36)34-25-16-31(17-25)14-24(15-31)30(37)38/h4-13,18-19,24-25H,3,14-17H2,1-2H3,(H,34,36)(H,37,38). The third-order valence-corrected chi connectivity index (χ3v) is 8.38. The second-order valence-corrected chi connectivity index (χ2v) is 11.0. The van der Waals surface area contributed by atoms with Crippen LogP contribution in [0.3, 0.4) is 0 Å². The van der Waals surface area contributed by atoms with Gasteiger partial charge in [-0.3, -0.25) is 14.3 Å². The molecule has 6 rings (SSSR count). The van der Waals surface area contributed by atoms with Gasteiger partial charge in [-0.1, -0.05) is 36.4 Å². The molecule has 2 aromatic heterocycles. The molecule has 39 heavy (non-hydrogen) atoms. The third-order valence-electron chi connectivity index (χ3n) is 8.38. The Balaban J connectivity index is 1.19. The molecule has 8 heteroatoms. The number of pyridine rings is 1. The zero-order valence-corrected chi connectivity index (χ0v) is 22.1. The third kappa shape index (κ3) is 4.64. The summed E-state index contributed by atoms with van der Waals surface area (Å²) >= 11 is 0. The molecule has 0 saturated heterocycles. The Morgan fingerprint density at radius 1 is 1.10 bits per heavy atom. The molecule has 2 fully saturated rings. The molecule has 0 bridgehead atoms. The lowest BCUT2D eigenvalue weighted by Crippen LogP contribution is -2.57. The van der Waals surface area contributed by atoms with Crippen molar-refractivity contribution in [1.29, 1.82) is 0 Å². The summed E-state index contributed by atoms with van der Waals surface area (Å²) in [5.41, 5.74) is 4.71. The molecule has 200 valence electrons. The van der Waals surface area contributed by atoms with E-state index in [-0.39, 0.29) is 29.3 Å². The van der Waals surface area contributed by atoms with Gasteiger partial charge in [-0.2, -0.15) is 5.10 Å².